The Bertz CT molecular complexity index is 1900. The van der Waals surface area contributed by atoms with E-state index in [0.29, 0.717) is 56.7 Å². The zero-order valence-corrected chi connectivity index (χ0v) is 24.3. The molecule has 2 aromatic carbocycles. The van der Waals surface area contributed by atoms with Gasteiger partial charge in [0.05, 0.1) is 47.1 Å². The number of furan rings is 1. The van der Waals surface area contributed by atoms with Crippen LogP contribution in [0.3, 0.4) is 0 Å². The lowest BCUT2D eigenvalue weighted by Crippen LogP contribution is -2.39. The summed E-state index contributed by atoms with van der Waals surface area (Å²) in [6, 6.07) is 12.3. The summed E-state index contributed by atoms with van der Waals surface area (Å²) < 4.78 is 24.2. The van der Waals surface area contributed by atoms with Crippen LogP contribution in [0, 0.1) is 0 Å². The maximum Gasteiger partial charge on any atom is 0.337 e. The number of carbonyl (C=O) groups is 2. The van der Waals surface area contributed by atoms with Crippen molar-refractivity contribution in [3.63, 3.8) is 0 Å². The Labute approximate surface area is 248 Å². The van der Waals surface area contributed by atoms with E-state index >= 15 is 0 Å². The number of esters is 1. The van der Waals surface area contributed by atoms with E-state index in [1.54, 1.807) is 42.5 Å². The van der Waals surface area contributed by atoms with Crippen LogP contribution < -0.4 is 24.4 Å². The Morgan fingerprint density at radius 3 is 2.55 bits per heavy atom. The summed E-state index contributed by atoms with van der Waals surface area (Å²) in [5.41, 5.74) is 0.981. The van der Waals surface area contributed by atoms with Gasteiger partial charge in [-0.2, -0.15) is 0 Å². The summed E-state index contributed by atoms with van der Waals surface area (Å²) in [5.74, 6) is 0.114. The van der Waals surface area contributed by atoms with Crippen molar-refractivity contribution in [3.8, 4) is 22.8 Å². The van der Waals surface area contributed by atoms with Gasteiger partial charge in [0.1, 0.15) is 11.5 Å². The minimum Gasteiger partial charge on any atom is -0.490 e. The molecule has 42 heavy (non-hydrogen) atoms. The predicted molar refractivity (Wildman–Crippen MR) is 156 cm³/mol. The van der Waals surface area contributed by atoms with Crippen LogP contribution in [0.4, 0.5) is 0 Å². The molecule has 4 aromatic rings. The average Bonchev–Trinajstić information content (AvgIpc) is 3.57. The van der Waals surface area contributed by atoms with Crippen LogP contribution >= 0.6 is 22.9 Å². The van der Waals surface area contributed by atoms with Crippen LogP contribution in [0.15, 0.2) is 74.5 Å². The molecule has 3 heterocycles. The first-order valence-electron chi connectivity index (χ1n) is 12.9. The largest absolute Gasteiger partial charge is 0.490 e. The van der Waals surface area contributed by atoms with Gasteiger partial charge >= 0.3 is 11.9 Å². The van der Waals surface area contributed by atoms with E-state index in [-0.39, 0.29) is 21.7 Å². The second kappa shape index (κ2) is 12.1. The number of ether oxygens (including phenoxy) is 3. The van der Waals surface area contributed by atoms with Crippen LogP contribution in [0.2, 0.25) is 5.02 Å². The first kappa shape index (κ1) is 28.9. The molecule has 0 unspecified atom stereocenters. The fourth-order valence-electron chi connectivity index (χ4n) is 4.54. The lowest BCUT2D eigenvalue weighted by molar-refractivity contribution is -0.136. The van der Waals surface area contributed by atoms with Crippen LogP contribution in [0.5, 0.6) is 11.5 Å². The molecule has 1 atom stereocenters. The van der Waals surface area contributed by atoms with E-state index in [4.69, 9.17) is 30.2 Å². The number of thiazole rings is 1. The van der Waals surface area contributed by atoms with E-state index < -0.39 is 18.0 Å². The van der Waals surface area contributed by atoms with Crippen LogP contribution in [-0.2, 0) is 9.53 Å². The molecule has 12 heteroatoms. The molecule has 1 aliphatic heterocycles. The molecule has 0 spiro atoms. The standard InChI is InChI=1S/C30H25ClN2O8S/c1-4-39-23-10-7-17(13-24(23)40-5-2)26-20(29(37)38-3)15-32-30-33(26)27(34)25(42-30)14-18-8-11-22(41-18)16-6-9-19(28(35)36)21(31)12-16/h6-15,26H,4-5H2,1-3H3,(H,35,36)/b25-14-/t26-/m1/s1. The van der Waals surface area contributed by atoms with Crippen molar-refractivity contribution in [2.75, 3.05) is 20.3 Å². The summed E-state index contributed by atoms with van der Waals surface area (Å²) in [7, 11) is 1.27. The van der Waals surface area contributed by atoms with Crippen molar-refractivity contribution in [1.82, 2.24) is 4.57 Å². The smallest absolute Gasteiger partial charge is 0.337 e. The van der Waals surface area contributed by atoms with E-state index in [0.717, 1.165) is 11.3 Å². The van der Waals surface area contributed by atoms with Crippen molar-refractivity contribution in [1.29, 1.82) is 0 Å². The quantitative estimate of drug-likeness (QED) is 0.276. The molecule has 0 fully saturated rings. The Morgan fingerprint density at radius 1 is 1.10 bits per heavy atom. The molecule has 2 aromatic heterocycles. The molecule has 0 radical (unpaired) electrons. The Morgan fingerprint density at radius 2 is 1.86 bits per heavy atom. The molecular weight excluding hydrogens is 584 g/mol. The summed E-state index contributed by atoms with van der Waals surface area (Å²) in [6.45, 7) is 4.56. The van der Waals surface area contributed by atoms with Crippen molar-refractivity contribution in [2.45, 2.75) is 19.9 Å². The van der Waals surface area contributed by atoms with Gasteiger partial charge in [-0.3, -0.25) is 9.36 Å². The second-order valence-corrected chi connectivity index (χ2v) is 10.4. The number of carboxylic acid groups (broad SMARTS) is 1. The van der Waals surface area contributed by atoms with Gasteiger partial charge in [0.25, 0.3) is 5.56 Å². The summed E-state index contributed by atoms with van der Waals surface area (Å²) in [4.78, 5) is 42.6. The monoisotopic (exact) mass is 608 g/mol. The maximum atomic E-state index is 13.8. The SMILES string of the molecule is CCOc1ccc([C@@H]2C(C(=O)OC)=CN=c3s/c(=C\c4ccc(-c5ccc(C(=O)O)c(Cl)c5)o4)c(=O)n32)cc1OCC. The van der Waals surface area contributed by atoms with Gasteiger partial charge in [0.15, 0.2) is 16.3 Å². The van der Waals surface area contributed by atoms with E-state index in [9.17, 15) is 19.5 Å². The number of hydrogen-bond acceptors (Lipinski definition) is 9. The molecule has 10 nitrogen and oxygen atoms in total. The lowest BCUT2D eigenvalue weighted by atomic mass is 9.97. The Kier molecular flexibility index (Phi) is 8.32. The number of aromatic nitrogens is 1. The second-order valence-electron chi connectivity index (χ2n) is 8.95. The zero-order chi connectivity index (χ0) is 30.0. The molecule has 0 aliphatic carbocycles. The number of carbonyl (C=O) groups excluding carboxylic acids is 1. The van der Waals surface area contributed by atoms with Gasteiger partial charge in [-0.05, 0) is 55.8 Å². The fraction of sp³-hybridized carbons (Fsp3) is 0.200. The fourth-order valence-corrected chi connectivity index (χ4v) is 5.75. The number of carboxylic acids is 1. The van der Waals surface area contributed by atoms with E-state index in [2.05, 4.69) is 4.99 Å². The molecule has 5 rings (SSSR count). The highest BCUT2D eigenvalue weighted by atomic mass is 35.5. The molecular formula is C30H25ClN2O8S. The van der Waals surface area contributed by atoms with Crippen molar-refractivity contribution in [2.24, 2.45) is 4.99 Å². The van der Waals surface area contributed by atoms with E-state index in [1.807, 2.05) is 13.8 Å². The highest BCUT2D eigenvalue weighted by Gasteiger charge is 2.31. The number of nitrogens with zero attached hydrogens (tertiary/aromatic N) is 2. The van der Waals surface area contributed by atoms with Crippen LogP contribution in [-0.4, -0.2) is 41.9 Å². The zero-order valence-electron chi connectivity index (χ0n) is 22.8. The summed E-state index contributed by atoms with van der Waals surface area (Å²) >= 11 is 7.26. The Hall–Kier alpha value is -4.61. The number of rotatable bonds is 9. The first-order chi connectivity index (χ1) is 20.2. The number of halogens is 1. The minimum atomic E-state index is -1.13. The number of hydrogen-bond donors (Lipinski definition) is 1. The molecule has 0 saturated heterocycles. The molecule has 0 saturated carbocycles. The minimum absolute atomic E-state index is 0.0184. The van der Waals surface area contributed by atoms with Crippen LogP contribution in [0.25, 0.3) is 17.4 Å². The van der Waals surface area contributed by atoms with Gasteiger partial charge in [0.2, 0.25) is 0 Å². The summed E-state index contributed by atoms with van der Waals surface area (Å²) in [6.07, 6.45) is 3.00. The number of benzene rings is 2. The van der Waals surface area contributed by atoms with E-state index in [1.165, 1.54) is 30.0 Å². The van der Waals surface area contributed by atoms with Crippen LogP contribution in [0.1, 0.15) is 41.6 Å². The molecule has 1 N–H and O–H groups in total. The predicted octanol–water partition coefficient (Wildman–Crippen LogP) is 4.43. The molecule has 1 aliphatic rings. The van der Waals surface area contributed by atoms with Gasteiger partial charge in [-0.15, -0.1) is 0 Å². The third kappa shape index (κ3) is 5.48. The Balaban J connectivity index is 1.58. The van der Waals surface area contributed by atoms with Crippen molar-refractivity contribution < 1.29 is 33.3 Å². The first-order valence-corrected chi connectivity index (χ1v) is 14.1. The van der Waals surface area contributed by atoms with Gasteiger partial charge in [-0.1, -0.05) is 35.1 Å². The number of aromatic carboxylic acids is 1. The topological polar surface area (TPSA) is 130 Å². The third-order valence-electron chi connectivity index (χ3n) is 6.39. The van der Waals surface area contributed by atoms with Crippen molar-refractivity contribution >= 4 is 41.0 Å². The normalized spacial score (nSPS) is 14.5. The number of fused-ring (bicyclic) bond motifs is 1. The highest BCUT2D eigenvalue weighted by molar-refractivity contribution is 7.07. The third-order valence-corrected chi connectivity index (χ3v) is 7.70. The molecule has 0 amide bonds. The van der Waals surface area contributed by atoms with Gasteiger partial charge in [0, 0.05) is 17.8 Å². The highest BCUT2D eigenvalue weighted by Crippen LogP contribution is 2.35. The number of methoxy groups -OCH3 is 1. The summed E-state index contributed by atoms with van der Waals surface area (Å²) in [5, 5.41) is 9.30. The van der Waals surface area contributed by atoms with Gasteiger partial charge < -0.3 is 23.7 Å². The lowest BCUT2D eigenvalue weighted by Gasteiger charge is -2.23. The van der Waals surface area contributed by atoms with Gasteiger partial charge in [-0.25, -0.2) is 14.6 Å². The maximum absolute atomic E-state index is 13.8. The van der Waals surface area contributed by atoms with Crippen molar-refractivity contribution in [3.05, 3.63) is 102 Å². The molecule has 216 valence electrons. The molecule has 0 bridgehead atoms. The average molecular weight is 609 g/mol.